The van der Waals surface area contributed by atoms with Crippen molar-refractivity contribution in [3.05, 3.63) is 45.1 Å². The Labute approximate surface area is 141 Å². The topological polar surface area (TPSA) is 9.23 Å². The molecule has 0 saturated heterocycles. The van der Waals surface area contributed by atoms with Gasteiger partial charge >= 0.3 is 0 Å². The molecule has 0 radical (unpaired) electrons. The van der Waals surface area contributed by atoms with E-state index in [0.717, 1.165) is 11.1 Å². The van der Waals surface area contributed by atoms with Gasteiger partial charge in [0.25, 0.3) is 0 Å². The molecule has 0 aliphatic carbocycles. The summed E-state index contributed by atoms with van der Waals surface area (Å²) in [4.78, 5) is 1.30. The molecular formula is C17H23BrOSSi. The Morgan fingerprint density at radius 2 is 1.86 bits per heavy atom. The third kappa shape index (κ3) is 4.28. The smallest absolute Gasteiger partial charge is 0.192 e. The van der Waals surface area contributed by atoms with Gasteiger partial charge in [-0.2, -0.15) is 0 Å². The second kappa shape index (κ2) is 6.37. The van der Waals surface area contributed by atoms with Gasteiger partial charge in [0.05, 0.1) is 6.61 Å². The van der Waals surface area contributed by atoms with Gasteiger partial charge in [-0.05, 0) is 52.8 Å². The summed E-state index contributed by atoms with van der Waals surface area (Å²) < 4.78 is 7.41. The maximum Gasteiger partial charge on any atom is 0.192 e. The van der Waals surface area contributed by atoms with Crippen molar-refractivity contribution in [3.8, 4) is 11.1 Å². The quantitative estimate of drug-likeness (QED) is 0.534. The number of thiophene rings is 1. The fourth-order valence-electron chi connectivity index (χ4n) is 1.74. The van der Waals surface area contributed by atoms with Crippen LogP contribution in [0.5, 0.6) is 0 Å². The largest absolute Gasteiger partial charge is 0.412 e. The highest BCUT2D eigenvalue weighted by atomic mass is 79.9. The van der Waals surface area contributed by atoms with Crippen LogP contribution < -0.4 is 0 Å². The molecule has 1 nitrogen and oxygen atoms in total. The van der Waals surface area contributed by atoms with Gasteiger partial charge in [-0.15, -0.1) is 11.3 Å². The first kappa shape index (κ1) is 16.9. The molecule has 2 rings (SSSR count). The lowest BCUT2D eigenvalue weighted by molar-refractivity contribution is 0.279. The Morgan fingerprint density at radius 1 is 1.14 bits per heavy atom. The standard InChI is InChI=1S/C17H23BrOSSi/c1-17(2,3)21(4,5)19-11-16-10-14(12-20-16)13-7-6-8-15(18)9-13/h6-10,12H,11H2,1-5H3. The van der Waals surface area contributed by atoms with E-state index in [1.807, 2.05) is 0 Å². The first-order valence-corrected chi connectivity index (χ1v) is 11.7. The van der Waals surface area contributed by atoms with Gasteiger partial charge in [0, 0.05) is 9.35 Å². The SMILES string of the molecule is CC(C)(C)[Si](C)(C)OCc1cc(-c2cccc(Br)c2)cs1. The Kier molecular flexibility index (Phi) is 5.13. The molecule has 1 aromatic heterocycles. The predicted octanol–water partition coefficient (Wildman–Crippen LogP) is 6.70. The molecule has 1 heterocycles. The second-order valence-electron chi connectivity index (χ2n) is 6.86. The molecule has 1 aromatic carbocycles. The van der Waals surface area contributed by atoms with Crippen LogP contribution in [0.1, 0.15) is 25.6 Å². The highest BCUT2D eigenvalue weighted by Gasteiger charge is 2.37. The zero-order chi connectivity index (χ0) is 15.7. The number of benzene rings is 1. The van der Waals surface area contributed by atoms with E-state index in [0.29, 0.717) is 0 Å². The lowest BCUT2D eigenvalue weighted by Crippen LogP contribution is -2.40. The molecule has 0 fully saturated rings. The molecule has 0 saturated carbocycles. The van der Waals surface area contributed by atoms with E-state index in [1.165, 1.54) is 16.0 Å². The van der Waals surface area contributed by atoms with Crippen molar-refractivity contribution < 1.29 is 4.43 Å². The highest BCUT2D eigenvalue weighted by Crippen LogP contribution is 2.37. The average Bonchev–Trinajstić information content (AvgIpc) is 2.84. The molecule has 4 heteroatoms. The Hall–Kier alpha value is -0.423. The summed E-state index contributed by atoms with van der Waals surface area (Å²) in [6.07, 6.45) is 0. The van der Waals surface area contributed by atoms with Crippen molar-refractivity contribution in [3.63, 3.8) is 0 Å². The molecule has 114 valence electrons. The minimum Gasteiger partial charge on any atom is -0.412 e. The van der Waals surface area contributed by atoms with Crippen LogP contribution >= 0.6 is 27.3 Å². The normalized spacial score (nSPS) is 12.7. The first-order chi connectivity index (χ1) is 9.69. The van der Waals surface area contributed by atoms with Crippen molar-refractivity contribution in [2.75, 3.05) is 0 Å². The number of halogens is 1. The predicted molar refractivity (Wildman–Crippen MR) is 99.4 cm³/mol. The van der Waals surface area contributed by atoms with Crippen molar-refractivity contribution in [2.24, 2.45) is 0 Å². The van der Waals surface area contributed by atoms with E-state index in [4.69, 9.17) is 4.43 Å². The summed E-state index contributed by atoms with van der Waals surface area (Å²) in [5, 5.41) is 2.48. The van der Waals surface area contributed by atoms with Crippen molar-refractivity contribution in [1.29, 1.82) is 0 Å². The molecule has 0 atom stereocenters. The van der Waals surface area contributed by atoms with E-state index >= 15 is 0 Å². The molecule has 0 aliphatic rings. The van der Waals surface area contributed by atoms with Crippen LogP contribution in [0.4, 0.5) is 0 Å². The second-order valence-corrected chi connectivity index (χ2v) is 13.6. The van der Waals surface area contributed by atoms with Crippen LogP contribution in [0.2, 0.25) is 18.1 Å². The summed E-state index contributed by atoms with van der Waals surface area (Å²) in [6.45, 7) is 12.2. The molecule has 0 amide bonds. The molecule has 0 unspecified atom stereocenters. The number of rotatable bonds is 4. The van der Waals surface area contributed by atoms with E-state index in [1.54, 1.807) is 11.3 Å². The molecule has 0 spiro atoms. The van der Waals surface area contributed by atoms with Crippen molar-refractivity contribution >= 4 is 35.6 Å². The van der Waals surface area contributed by atoms with Crippen LogP contribution in [0, 0.1) is 0 Å². The third-order valence-corrected chi connectivity index (χ3v) is 10.1. The highest BCUT2D eigenvalue weighted by molar-refractivity contribution is 9.10. The summed E-state index contributed by atoms with van der Waals surface area (Å²) >= 11 is 5.31. The molecule has 0 aliphatic heterocycles. The van der Waals surface area contributed by atoms with Gasteiger partial charge in [0.2, 0.25) is 0 Å². The van der Waals surface area contributed by atoms with Crippen LogP contribution in [-0.2, 0) is 11.0 Å². The fourth-order valence-corrected chi connectivity index (χ4v) is 4.00. The summed E-state index contributed by atoms with van der Waals surface area (Å²) in [5.74, 6) is 0. The average molecular weight is 383 g/mol. The maximum absolute atomic E-state index is 6.29. The summed E-state index contributed by atoms with van der Waals surface area (Å²) in [5.41, 5.74) is 2.52. The van der Waals surface area contributed by atoms with Gasteiger partial charge in [-0.25, -0.2) is 0 Å². The molecule has 21 heavy (non-hydrogen) atoms. The van der Waals surface area contributed by atoms with E-state index in [9.17, 15) is 0 Å². The zero-order valence-corrected chi connectivity index (χ0v) is 16.8. The lowest BCUT2D eigenvalue weighted by Gasteiger charge is -2.36. The number of hydrogen-bond acceptors (Lipinski definition) is 2. The minimum absolute atomic E-state index is 0.261. The summed E-state index contributed by atoms with van der Waals surface area (Å²) in [7, 11) is -1.67. The Balaban J connectivity index is 2.08. The Morgan fingerprint density at radius 3 is 2.48 bits per heavy atom. The molecule has 0 bridgehead atoms. The van der Waals surface area contributed by atoms with Crippen LogP contribution in [0.3, 0.4) is 0 Å². The van der Waals surface area contributed by atoms with Crippen molar-refractivity contribution in [2.45, 2.75) is 45.5 Å². The van der Waals surface area contributed by atoms with Gasteiger partial charge in [-0.1, -0.05) is 48.8 Å². The van der Waals surface area contributed by atoms with Gasteiger partial charge in [-0.3, -0.25) is 0 Å². The maximum atomic E-state index is 6.29. The Bertz CT molecular complexity index is 613. The van der Waals surface area contributed by atoms with E-state index in [-0.39, 0.29) is 5.04 Å². The van der Waals surface area contributed by atoms with E-state index in [2.05, 4.69) is 85.5 Å². The third-order valence-electron chi connectivity index (χ3n) is 4.19. The molecule has 0 N–H and O–H groups in total. The summed E-state index contributed by atoms with van der Waals surface area (Å²) in [6, 6.07) is 10.7. The van der Waals surface area contributed by atoms with Gasteiger partial charge < -0.3 is 4.43 Å². The van der Waals surface area contributed by atoms with Gasteiger partial charge in [0.15, 0.2) is 8.32 Å². The fraction of sp³-hybridized carbons (Fsp3) is 0.412. The van der Waals surface area contributed by atoms with Gasteiger partial charge in [0.1, 0.15) is 0 Å². The first-order valence-electron chi connectivity index (χ1n) is 7.16. The van der Waals surface area contributed by atoms with Crippen molar-refractivity contribution in [1.82, 2.24) is 0 Å². The molecular weight excluding hydrogens is 360 g/mol. The van der Waals surface area contributed by atoms with E-state index < -0.39 is 8.32 Å². The zero-order valence-electron chi connectivity index (χ0n) is 13.4. The van der Waals surface area contributed by atoms with Crippen LogP contribution in [-0.4, -0.2) is 8.32 Å². The van der Waals surface area contributed by atoms with Crippen LogP contribution in [0.25, 0.3) is 11.1 Å². The minimum atomic E-state index is -1.67. The molecule has 2 aromatic rings. The number of hydrogen-bond donors (Lipinski definition) is 0. The monoisotopic (exact) mass is 382 g/mol. The van der Waals surface area contributed by atoms with Crippen LogP contribution in [0.15, 0.2) is 40.2 Å². The lowest BCUT2D eigenvalue weighted by atomic mass is 10.1.